The van der Waals surface area contributed by atoms with Crippen molar-refractivity contribution in [3.05, 3.63) is 0 Å². The largest absolute Gasteiger partial charge is 0.292 e. The van der Waals surface area contributed by atoms with Crippen molar-refractivity contribution in [2.24, 2.45) is 4.99 Å². The predicted molar refractivity (Wildman–Crippen MR) is 70.2 cm³/mol. The highest BCUT2D eigenvalue weighted by Crippen LogP contribution is 2.24. The third-order valence-electron chi connectivity index (χ3n) is 3.25. The van der Waals surface area contributed by atoms with E-state index in [4.69, 9.17) is 0 Å². The van der Waals surface area contributed by atoms with Gasteiger partial charge in [-0.3, -0.25) is 4.99 Å². The summed E-state index contributed by atoms with van der Waals surface area (Å²) >= 11 is 0. The standard InChI is InChI=1S/C12H27NSi/c1-7-14(8-2,9-3)11-10-13-12(4,5)6/h10H,7-9,11H2,1-6H3. The molecule has 14 heavy (non-hydrogen) atoms. The van der Waals surface area contributed by atoms with E-state index in [1.165, 1.54) is 24.2 Å². The predicted octanol–water partition coefficient (Wildman–Crippen LogP) is 4.36. The molecule has 0 aromatic carbocycles. The Morgan fingerprint density at radius 3 is 1.71 bits per heavy atom. The summed E-state index contributed by atoms with van der Waals surface area (Å²) in [6, 6.07) is 5.47. The van der Waals surface area contributed by atoms with Crippen LogP contribution in [0.1, 0.15) is 41.5 Å². The van der Waals surface area contributed by atoms with Gasteiger partial charge < -0.3 is 0 Å². The maximum absolute atomic E-state index is 4.59. The zero-order valence-electron chi connectivity index (χ0n) is 10.9. The molecule has 0 N–H and O–H groups in total. The molecule has 0 spiro atoms. The molecule has 0 aromatic rings. The summed E-state index contributed by atoms with van der Waals surface area (Å²) in [5.74, 6) is 0. The van der Waals surface area contributed by atoms with Crippen LogP contribution in [0, 0.1) is 0 Å². The van der Waals surface area contributed by atoms with E-state index in [0.29, 0.717) is 0 Å². The average molecular weight is 213 g/mol. The minimum atomic E-state index is -0.966. The molecule has 0 radical (unpaired) electrons. The smallest absolute Gasteiger partial charge is 0.0581 e. The summed E-state index contributed by atoms with van der Waals surface area (Å²) in [6.45, 7) is 13.5. The fraction of sp³-hybridized carbons (Fsp3) is 0.917. The van der Waals surface area contributed by atoms with Gasteiger partial charge in [-0.15, -0.1) is 0 Å². The molecule has 0 aromatic heterocycles. The normalized spacial score (nSPS) is 13.9. The van der Waals surface area contributed by atoms with Crippen molar-refractivity contribution in [3.63, 3.8) is 0 Å². The lowest BCUT2D eigenvalue weighted by molar-refractivity contribution is 0.586. The van der Waals surface area contributed by atoms with Crippen LogP contribution in [0.5, 0.6) is 0 Å². The SMILES string of the molecule is CC[Si](CC)(CC)CC=NC(C)(C)C. The molecule has 1 nitrogen and oxygen atoms in total. The van der Waals surface area contributed by atoms with Crippen LogP contribution >= 0.6 is 0 Å². The van der Waals surface area contributed by atoms with E-state index in [-0.39, 0.29) is 5.54 Å². The van der Waals surface area contributed by atoms with Gasteiger partial charge in [0.15, 0.2) is 0 Å². The van der Waals surface area contributed by atoms with Crippen LogP contribution in [0.3, 0.4) is 0 Å². The van der Waals surface area contributed by atoms with Crippen molar-refractivity contribution in [2.75, 3.05) is 0 Å². The molecule has 0 fully saturated rings. The summed E-state index contributed by atoms with van der Waals surface area (Å²) in [7, 11) is -0.966. The fourth-order valence-corrected chi connectivity index (χ4v) is 4.54. The van der Waals surface area contributed by atoms with E-state index in [0.717, 1.165) is 0 Å². The second kappa shape index (κ2) is 5.69. The van der Waals surface area contributed by atoms with E-state index < -0.39 is 8.07 Å². The lowest BCUT2D eigenvalue weighted by Crippen LogP contribution is -2.31. The summed E-state index contributed by atoms with van der Waals surface area (Å²) in [5.41, 5.74) is 0.107. The van der Waals surface area contributed by atoms with Gasteiger partial charge in [-0.1, -0.05) is 38.9 Å². The van der Waals surface area contributed by atoms with Crippen LogP contribution in [0.4, 0.5) is 0 Å². The van der Waals surface area contributed by atoms with Gasteiger partial charge in [0.25, 0.3) is 0 Å². The quantitative estimate of drug-likeness (QED) is 0.475. The maximum atomic E-state index is 4.59. The van der Waals surface area contributed by atoms with Crippen LogP contribution in [0.15, 0.2) is 4.99 Å². The number of aliphatic imine (C=N–C) groups is 1. The zero-order valence-corrected chi connectivity index (χ0v) is 11.9. The van der Waals surface area contributed by atoms with Crippen molar-refractivity contribution in [1.29, 1.82) is 0 Å². The molecule has 0 rings (SSSR count). The minimum Gasteiger partial charge on any atom is -0.292 e. The second-order valence-electron chi connectivity index (χ2n) is 5.25. The van der Waals surface area contributed by atoms with Crippen LogP contribution in [0.25, 0.3) is 0 Å². The first-order valence-corrected chi connectivity index (χ1v) is 8.75. The Bertz CT molecular complexity index is 167. The van der Waals surface area contributed by atoms with E-state index in [1.807, 2.05) is 0 Å². The fourth-order valence-electron chi connectivity index (χ4n) is 1.70. The molecule has 0 aliphatic rings. The molecule has 0 aliphatic carbocycles. The highest BCUT2D eigenvalue weighted by Gasteiger charge is 2.25. The molecule has 0 aliphatic heterocycles. The first kappa shape index (κ1) is 13.9. The van der Waals surface area contributed by atoms with Gasteiger partial charge in [0.05, 0.1) is 13.6 Å². The van der Waals surface area contributed by atoms with Gasteiger partial charge in [-0.25, -0.2) is 0 Å². The van der Waals surface area contributed by atoms with Gasteiger partial charge in [0.1, 0.15) is 0 Å². The minimum absolute atomic E-state index is 0.107. The number of hydrogen-bond acceptors (Lipinski definition) is 1. The zero-order chi connectivity index (χ0) is 11.2. The summed E-state index contributed by atoms with van der Waals surface area (Å²) < 4.78 is 0. The third kappa shape index (κ3) is 4.94. The number of hydrogen-bond donors (Lipinski definition) is 0. The van der Waals surface area contributed by atoms with E-state index in [2.05, 4.69) is 52.7 Å². The molecule has 0 unspecified atom stereocenters. The van der Waals surface area contributed by atoms with Gasteiger partial charge in [-0.05, 0) is 33.0 Å². The second-order valence-corrected chi connectivity index (χ2v) is 10.8. The topological polar surface area (TPSA) is 12.4 Å². The van der Waals surface area contributed by atoms with Crippen LogP contribution in [0.2, 0.25) is 24.2 Å². The molecular formula is C12H27NSi. The highest BCUT2D eigenvalue weighted by molar-refractivity contribution is 6.81. The molecule has 2 heteroatoms. The van der Waals surface area contributed by atoms with Gasteiger partial charge in [0.2, 0.25) is 0 Å². The maximum Gasteiger partial charge on any atom is 0.0581 e. The van der Waals surface area contributed by atoms with Crippen molar-refractivity contribution >= 4 is 14.3 Å². The molecule has 0 atom stereocenters. The van der Waals surface area contributed by atoms with Crippen molar-refractivity contribution in [3.8, 4) is 0 Å². The molecule has 0 heterocycles. The van der Waals surface area contributed by atoms with Crippen molar-refractivity contribution < 1.29 is 0 Å². The van der Waals surface area contributed by atoms with Gasteiger partial charge in [0, 0.05) is 0 Å². The van der Waals surface area contributed by atoms with Crippen molar-refractivity contribution in [1.82, 2.24) is 0 Å². The van der Waals surface area contributed by atoms with Gasteiger partial charge >= 0.3 is 0 Å². The van der Waals surface area contributed by atoms with Crippen LogP contribution in [-0.2, 0) is 0 Å². The lowest BCUT2D eigenvalue weighted by Gasteiger charge is -2.26. The molecular weight excluding hydrogens is 186 g/mol. The van der Waals surface area contributed by atoms with Crippen LogP contribution in [-0.4, -0.2) is 19.8 Å². The Balaban J connectivity index is 4.26. The Hall–Kier alpha value is -0.113. The summed E-state index contributed by atoms with van der Waals surface area (Å²) in [4.78, 5) is 4.59. The average Bonchev–Trinajstić information content (AvgIpc) is 2.11. The molecule has 84 valence electrons. The molecule has 0 bridgehead atoms. The Morgan fingerprint density at radius 2 is 1.43 bits per heavy atom. The van der Waals surface area contributed by atoms with Gasteiger partial charge in [-0.2, -0.15) is 0 Å². The van der Waals surface area contributed by atoms with E-state index in [1.54, 1.807) is 0 Å². The Morgan fingerprint density at radius 1 is 1.00 bits per heavy atom. The van der Waals surface area contributed by atoms with Crippen molar-refractivity contribution in [2.45, 2.75) is 71.3 Å². The molecule has 0 saturated carbocycles. The highest BCUT2D eigenvalue weighted by atomic mass is 28.3. The first-order valence-electron chi connectivity index (χ1n) is 5.93. The van der Waals surface area contributed by atoms with Crippen LogP contribution < -0.4 is 0 Å². The van der Waals surface area contributed by atoms with E-state index >= 15 is 0 Å². The first-order chi connectivity index (χ1) is 6.39. The lowest BCUT2D eigenvalue weighted by atomic mass is 10.1. The Labute approximate surface area is 91.0 Å². The third-order valence-corrected chi connectivity index (χ3v) is 8.80. The number of nitrogens with zero attached hydrogens (tertiary/aromatic N) is 1. The Kier molecular flexibility index (Phi) is 5.65. The number of rotatable bonds is 5. The summed E-state index contributed by atoms with van der Waals surface area (Å²) in [6.07, 6.45) is 2.20. The summed E-state index contributed by atoms with van der Waals surface area (Å²) in [5, 5.41) is 0. The molecule has 0 saturated heterocycles. The molecule has 0 amide bonds. The van der Waals surface area contributed by atoms with E-state index in [9.17, 15) is 0 Å². The monoisotopic (exact) mass is 213 g/mol.